The Morgan fingerprint density at radius 3 is 1.67 bits per heavy atom. The Labute approximate surface area is 62.5 Å². The van der Waals surface area contributed by atoms with Gasteiger partial charge in [-0.05, 0) is 5.96 Å². The van der Waals surface area contributed by atoms with Crippen LogP contribution in [0.25, 0.3) is 5.73 Å². The predicted octanol–water partition coefficient (Wildman–Crippen LogP) is 0.351. The maximum Gasteiger partial charge on any atom is 0 e. The minimum atomic E-state index is -0.583. The molecule has 0 radical (unpaired) electrons. The molecular formula is CH5CdClN3-. The fourth-order valence-electron chi connectivity index (χ4n) is 0. The summed E-state index contributed by atoms with van der Waals surface area (Å²) in [5, 5.41) is 5.94. The SMILES string of the molecule is Cl.N=C([NH-])N.[Cd]. The van der Waals surface area contributed by atoms with Gasteiger partial charge in [0.05, 0.1) is 0 Å². The zero-order valence-electron chi connectivity index (χ0n) is 3.19. The molecule has 0 aliphatic heterocycles. The van der Waals surface area contributed by atoms with Crippen LogP contribution in [0, 0.1) is 5.41 Å². The largest absolute Gasteiger partial charge is 0.454 e. The molecule has 34 valence electrons. The van der Waals surface area contributed by atoms with Gasteiger partial charge >= 0.3 is 0 Å². The first-order chi connectivity index (χ1) is 1.73. The fourth-order valence-corrected chi connectivity index (χ4v) is 0. The Balaban J connectivity index is -0.0000000450. The van der Waals surface area contributed by atoms with Crippen LogP contribution in [-0.2, 0) is 27.3 Å². The van der Waals surface area contributed by atoms with E-state index in [0.29, 0.717) is 0 Å². The monoisotopic (exact) mass is 208 g/mol. The van der Waals surface area contributed by atoms with Crippen molar-refractivity contribution < 1.29 is 27.3 Å². The third kappa shape index (κ3) is 234. The maximum absolute atomic E-state index is 5.94. The van der Waals surface area contributed by atoms with E-state index in [1.165, 1.54) is 0 Å². The van der Waals surface area contributed by atoms with Gasteiger partial charge in [0.15, 0.2) is 0 Å². The van der Waals surface area contributed by atoms with E-state index in [4.69, 9.17) is 11.1 Å². The van der Waals surface area contributed by atoms with Gasteiger partial charge < -0.3 is 16.9 Å². The van der Waals surface area contributed by atoms with Crippen LogP contribution in [0.2, 0.25) is 0 Å². The second kappa shape index (κ2) is 9.08. The van der Waals surface area contributed by atoms with E-state index < -0.39 is 5.96 Å². The topological polar surface area (TPSA) is 73.7 Å². The summed E-state index contributed by atoms with van der Waals surface area (Å²) >= 11 is 0. The summed E-state index contributed by atoms with van der Waals surface area (Å²) in [5.41, 5.74) is 10.3. The first kappa shape index (κ1) is 16.1. The molecule has 0 unspecified atom stereocenters. The Bertz CT molecular complexity index is 33.8. The number of guanidine groups is 1. The van der Waals surface area contributed by atoms with E-state index >= 15 is 0 Å². The van der Waals surface area contributed by atoms with Crippen molar-refractivity contribution in [1.29, 1.82) is 5.41 Å². The first-order valence-electron chi connectivity index (χ1n) is 0.789. The molecule has 5 heteroatoms. The molecule has 0 atom stereocenters. The Morgan fingerprint density at radius 2 is 1.67 bits per heavy atom. The molecule has 0 saturated carbocycles. The molecule has 0 aromatic heterocycles. The summed E-state index contributed by atoms with van der Waals surface area (Å²) < 4.78 is 0. The Hall–Kier alpha value is 0.482. The minimum absolute atomic E-state index is 0. The van der Waals surface area contributed by atoms with Crippen LogP contribution in [-0.4, -0.2) is 5.96 Å². The van der Waals surface area contributed by atoms with E-state index in [2.05, 4.69) is 5.73 Å². The first-order valence-corrected chi connectivity index (χ1v) is 0.789. The Kier molecular flexibility index (Phi) is 24.3. The number of halogens is 1. The zero-order valence-corrected chi connectivity index (χ0v) is 8.05. The molecule has 0 spiro atoms. The summed E-state index contributed by atoms with van der Waals surface area (Å²) in [6.45, 7) is 0. The third-order valence-electron chi connectivity index (χ3n) is 0. The summed E-state index contributed by atoms with van der Waals surface area (Å²) in [7, 11) is 0. The molecule has 0 aliphatic carbocycles. The molecule has 0 amide bonds. The molecule has 0 aliphatic rings. The van der Waals surface area contributed by atoms with E-state index in [1.54, 1.807) is 0 Å². The van der Waals surface area contributed by atoms with Gasteiger partial charge in [0, 0.05) is 27.3 Å². The van der Waals surface area contributed by atoms with E-state index in [-0.39, 0.29) is 39.7 Å². The van der Waals surface area contributed by atoms with Crippen LogP contribution < -0.4 is 5.73 Å². The molecule has 6 heavy (non-hydrogen) atoms. The molecule has 4 N–H and O–H groups in total. The molecule has 3 nitrogen and oxygen atoms in total. The van der Waals surface area contributed by atoms with Crippen LogP contribution in [0.1, 0.15) is 0 Å². The summed E-state index contributed by atoms with van der Waals surface area (Å²) in [5.74, 6) is -0.583. The van der Waals surface area contributed by atoms with Crippen LogP contribution in [0.4, 0.5) is 0 Å². The van der Waals surface area contributed by atoms with Gasteiger partial charge in [0.2, 0.25) is 0 Å². The van der Waals surface area contributed by atoms with Crippen LogP contribution >= 0.6 is 12.4 Å². The van der Waals surface area contributed by atoms with Crippen LogP contribution in [0.15, 0.2) is 0 Å². The molecule has 0 fully saturated rings. The smallest absolute Gasteiger partial charge is 0 e. The van der Waals surface area contributed by atoms with Crippen molar-refractivity contribution in [3.05, 3.63) is 5.73 Å². The van der Waals surface area contributed by atoms with Gasteiger partial charge in [-0.25, -0.2) is 0 Å². The molecule has 0 aromatic carbocycles. The zero-order chi connectivity index (χ0) is 3.58. The van der Waals surface area contributed by atoms with Crippen molar-refractivity contribution in [2.45, 2.75) is 0 Å². The molecule has 0 heterocycles. The third-order valence-corrected chi connectivity index (χ3v) is 0. The molecule has 0 aromatic rings. The number of hydrogen-bond acceptors (Lipinski definition) is 1. The average Bonchev–Trinajstić information content (AvgIpc) is 0.811. The van der Waals surface area contributed by atoms with Crippen molar-refractivity contribution in [1.82, 2.24) is 0 Å². The van der Waals surface area contributed by atoms with E-state index in [1.807, 2.05) is 0 Å². The minimum Gasteiger partial charge on any atom is -0.454 e. The second-order valence-electron chi connectivity index (χ2n) is 0.414. The molecular weight excluding hydrogens is 202 g/mol. The fraction of sp³-hybridized carbons (Fsp3) is 0. The molecule has 0 bridgehead atoms. The van der Waals surface area contributed by atoms with Gasteiger partial charge in [-0.3, -0.25) is 0 Å². The number of hydrogen-bond donors (Lipinski definition) is 2. The van der Waals surface area contributed by atoms with Crippen molar-refractivity contribution in [3.63, 3.8) is 0 Å². The standard InChI is InChI=1S/CH4N3.Cd.ClH/c2-1(3)4;;/h(H4-,2,3,4);;1H/q-1;;. The van der Waals surface area contributed by atoms with Gasteiger partial charge in [-0.15, -0.1) is 12.4 Å². The quantitative estimate of drug-likeness (QED) is 0.335. The van der Waals surface area contributed by atoms with Gasteiger partial charge in [-0.2, -0.15) is 0 Å². The van der Waals surface area contributed by atoms with Crippen molar-refractivity contribution in [2.75, 3.05) is 0 Å². The number of nitrogens with one attached hydrogen (secondary N) is 2. The van der Waals surface area contributed by atoms with Crippen LogP contribution in [0.5, 0.6) is 0 Å². The number of nitrogens with two attached hydrogens (primary N) is 1. The van der Waals surface area contributed by atoms with E-state index in [0.717, 1.165) is 0 Å². The predicted molar refractivity (Wildman–Crippen MR) is 23.5 cm³/mol. The van der Waals surface area contributed by atoms with Gasteiger partial charge in [0.1, 0.15) is 0 Å². The molecule has 0 rings (SSSR count). The van der Waals surface area contributed by atoms with Gasteiger partial charge in [0.25, 0.3) is 0 Å². The van der Waals surface area contributed by atoms with Crippen LogP contribution in [0.3, 0.4) is 0 Å². The Morgan fingerprint density at radius 1 is 1.67 bits per heavy atom. The molecule has 0 saturated heterocycles. The average molecular weight is 207 g/mol. The normalized spacial score (nSPS) is 4.00. The van der Waals surface area contributed by atoms with Crippen molar-refractivity contribution >= 4 is 18.4 Å². The number of rotatable bonds is 0. The summed E-state index contributed by atoms with van der Waals surface area (Å²) in [6.07, 6.45) is 0. The second-order valence-corrected chi connectivity index (χ2v) is 0.414. The van der Waals surface area contributed by atoms with Gasteiger partial charge in [-0.1, -0.05) is 0 Å². The summed E-state index contributed by atoms with van der Waals surface area (Å²) in [6, 6.07) is 0. The van der Waals surface area contributed by atoms with Crippen molar-refractivity contribution in [2.24, 2.45) is 5.73 Å². The summed E-state index contributed by atoms with van der Waals surface area (Å²) in [4.78, 5) is 0. The van der Waals surface area contributed by atoms with E-state index in [9.17, 15) is 0 Å². The maximum atomic E-state index is 5.94. The van der Waals surface area contributed by atoms with Crippen molar-refractivity contribution in [3.8, 4) is 0 Å².